The predicted octanol–water partition coefficient (Wildman–Crippen LogP) is 3.74. The van der Waals surface area contributed by atoms with E-state index in [9.17, 15) is 0 Å². The Labute approximate surface area is 111 Å². The molecule has 0 aromatic carbocycles. The summed E-state index contributed by atoms with van der Waals surface area (Å²) in [5, 5.41) is 0. The van der Waals surface area contributed by atoms with Gasteiger partial charge in [-0.15, -0.1) is 0 Å². The molecule has 17 heavy (non-hydrogen) atoms. The van der Waals surface area contributed by atoms with Crippen LogP contribution in [-0.4, -0.2) is 6.91 Å². The second-order valence-electron chi connectivity index (χ2n) is 3.27. The average molecular weight is 245 g/mol. The van der Waals surface area contributed by atoms with Gasteiger partial charge in [-0.3, -0.25) is 0 Å². The Kier molecular flexibility index (Phi) is 8.25. The van der Waals surface area contributed by atoms with Crippen LogP contribution in [0.3, 0.4) is 0 Å². The van der Waals surface area contributed by atoms with Gasteiger partial charge < -0.3 is 0 Å². The summed E-state index contributed by atoms with van der Waals surface area (Å²) in [5.74, 6) is 1.98. The second kappa shape index (κ2) is 8.88. The van der Waals surface area contributed by atoms with Crippen LogP contribution >= 0.6 is 12.6 Å². The van der Waals surface area contributed by atoms with Gasteiger partial charge in [-0.1, -0.05) is 13.8 Å². The quantitative estimate of drug-likeness (QED) is 0.615. The molecule has 0 bridgehead atoms. The molecule has 1 aromatic rings. The molecule has 2 N–H and O–H groups in total. The molecule has 1 nitrogen and oxygen atoms in total. The van der Waals surface area contributed by atoms with E-state index in [4.69, 9.17) is 5.73 Å². The minimum absolute atomic E-state index is 0.662. The maximum absolute atomic E-state index is 5.72. The van der Waals surface area contributed by atoms with Gasteiger partial charge in [0.25, 0.3) is 0 Å². The summed E-state index contributed by atoms with van der Waals surface area (Å²) >= 11 is 4.16. The van der Waals surface area contributed by atoms with Crippen molar-refractivity contribution in [2.45, 2.75) is 20.8 Å². The number of rotatable bonds is 3. The van der Waals surface area contributed by atoms with Crippen molar-refractivity contribution in [1.29, 1.82) is 0 Å². The van der Waals surface area contributed by atoms with Gasteiger partial charge in [-0.05, 0) is 0 Å². The summed E-state index contributed by atoms with van der Waals surface area (Å²) < 4.78 is 0. The van der Waals surface area contributed by atoms with Gasteiger partial charge in [-0.2, -0.15) is 0 Å². The monoisotopic (exact) mass is 245 g/mol. The van der Waals surface area contributed by atoms with Crippen LogP contribution in [-0.2, 0) is 0 Å². The minimum atomic E-state index is 0.662. The molecule has 1 heterocycles. The first kappa shape index (κ1) is 15.8. The Morgan fingerprint density at radius 2 is 2.00 bits per heavy atom. The number of nitrogens with two attached hydrogens (primary N) is 1. The Bertz CT molecular complexity index is 403. The molecule has 0 amide bonds. The Morgan fingerprint density at radius 1 is 1.35 bits per heavy atom. The molecule has 1 rings (SSSR count). The number of thiol groups is 1. The van der Waals surface area contributed by atoms with E-state index in [-0.39, 0.29) is 0 Å². The molecule has 1 aromatic heterocycles. The predicted molar refractivity (Wildman–Crippen MR) is 83.2 cm³/mol. The Balaban J connectivity index is 0.00000121. The van der Waals surface area contributed by atoms with E-state index in [0.29, 0.717) is 5.70 Å². The van der Waals surface area contributed by atoms with Crippen molar-refractivity contribution >= 4 is 25.1 Å². The zero-order valence-corrected chi connectivity index (χ0v) is 11.7. The molecule has 0 spiro atoms. The Hall–Kier alpha value is -1.22. The maximum Gasteiger partial charge on any atom is -0.0683 e. The van der Waals surface area contributed by atoms with E-state index >= 15 is 0 Å². The molecule has 0 unspecified atom stereocenters. The molecule has 0 aliphatic carbocycles. The summed E-state index contributed by atoms with van der Waals surface area (Å²) in [7, 11) is 0. The van der Waals surface area contributed by atoms with E-state index in [2.05, 4.69) is 19.2 Å². The molecular formula is C14H20BNS. The molecule has 0 radical (unpaired) electrons. The van der Waals surface area contributed by atoms with Gasteiger partial charge in [0.05, 0.1) is 0 Å². The average Bonchev–Trinajstić information content (AvgIpc) is 2.38. The molecule has 0 saturated carbocycles. The van der Waals surface area contributed by atoms with Crippen LogP contribution < -0.4 is 5.73 Å². The molecule has 3 heteroatoms. The van der Waals surface area contributed by atoms with Crippen LogP contribution in [0.2, 0.25) is 0 Å². The molecule has 0 fully saturated rings. The van der Waals surface area contributed by atoms with Crippen LogP contribution in [0.1, 0.15) is 26.2 Å². The topological polar surface area (TPSA) is 26.0 Å². The van der Waals surface area contributed by atoms with Gasteiger partial charge in [-0.25, -0.2) is 0 Å². The van der Waals surface area contributed by atoms with Crippen molar-refractivity contribution < 1.29 is 0 Å². The van der Waals surface area contributed by atoms with Crippen molar-refractivity contribution in [3.63, 3.8) is 0 Å². The standard InChI is InChI=1S/C12H14BNS.C2H6/c1-9(6-7-12(14)10(2)15)11-5-3-4-8-13-11;1-2/h3-8,15H,1,14H2,2H3;1-2H3/b7-6-,12-10-;. The number of hydrogen-bond acceptors (Lipinski definition) is 2. The Morgan fingerprint density at radius 3 is 2.47 bits per heavy atom. The number of allylic oxidation sites excluding steroid dienone is 4. The fraction of sp³-hybridized carbons (Fsp3) is 0.214. The van der Waals surface area contributed by atoms with E-state index in [1.54, 1.807) is 0 Å². The first-order valence-electron chi connectivity index (χ1n) is 5.69. The fourth-order valence-electron chi connectivity index (χ4n) is 1.06. The maximum atomic E-state index is 5.72. The molecule has 0 saturated heterocycles. The summed E-state index contributed by atoms with van der Waals surface area (Å²) in [6.45, 7) is 11.8. The van der Waals surface area contributed by atoms with Crippen molar-refractivity contribution in [2.75, 3.05) is 0 Å². The van der Waals surface area contributed by atoms with Gasteiger partial charge in [0.15, 0.2) is 0 Å². The van der Waals surface area contributed by atoms with Crippen molar-refractivity contribution in [2.24, 2.45) is 5.73 Å². The van der Waals surface area contributed by atoms with Crippen LogP contribution in [0.15, 0.2) is 53.5 Å². The fourth-order valence-corrected chi connectivity index (χ4v) is 1.13. The second-order valence-corrected chi connectivity index (χ2v) is 3.94. The SMILES string of the molecule is C=C(/C=C\C(N)=C(/C)S)c1bcccc1.CC. The van der Waals surface area contributed by atoms with E-state index in [1.165, 1.54) is 0 Å². The minimum Gasteiger partial charge on any atom is -0.0683 e. The third kappa shape index (κ3) is 6.17. The van der Waals surface area contributed by atoms with Crippen LogP contribution in [0.5, 0.6) is 0 Å². The van der Waals surface area contributed by atoms with Crippen molar-refractivity contribution in [3.05, 3.63) is 59.0 Å². The smallest absolute Gasteiger partial charge is 0.0683 e. The van der Waals surface area contributed by atoms with E-state index in [1.807, 2.05) is 64.0 Å². The summed E-state index contributed by atoms with van der Waals surface area (Å²) in [6.07, 6.45) is 3.71. The summed E-state index contributed by atoms with van der Waals surface area (Å²) in [5.41, 5.74) is 8.41. The van der Waals surface area contributed by atoms with E-state index in [0.717, 1.165) is 15.9 Å². The van der Waals surface area contributed by atoms with Crippen molar-refractivity contribution in [3.8, 4) is 0 Å². The first-order chi connectivity index (χ1) is 8.11. The molecule has 0 aliphatic heterocycles. The first-order valence-corrected chi connectivity index (χ1v) is 6.13. The molecule has 0 atom stereocenters. The van der Waals surface area contributed by atoms with Crippen molar-refractivity contribution in [1.82, 2.24) is 0 Å². The van der Waals surface area contributed by atoms with Crippen LogP contribution in [0, 0.1) is 0 Å². The number of hydrogen-bond donors (Lipinski definition) is 2. The van der Waals surface area contributed by atoms with Gasteiger partial charge in [0, 0.05) is 0 Å². The molecule has 90 valence electrons. The zero-order valence-electron chi connectivity index (χ0n) is 10.8. The van der Waals surface area contributed by atoms with E-state index < -0.39 is 0 Å². The van der Waals surface area contributed by atoms with Gasteiger partial charge >= 0.3 is 96.7 Å². The molecule has 0 aliphatic rings. The molecular weight excluding hydrogens is 225 g/mol. The normalized spacial score (nSPS) is 11.3. The summed E-state index contributed by atoms with van der Waals surface area (Å²) in [6, 6.07) is 5.98. The zero-order chi connectivity index (χ0) is 13.3. The largest absolute Gasteiger partial charge is 0.0683 e. The van der Waals surface area contributed by atoms with Crippen LogP contribution in [0.4, 0.5) is 0 Å². The third-order valence-corrected chi connectivity index (χ3v) is 2.28. The third-order valence-electron chi connectivity index (χ3n) is 2.03. The summed E-state index contributed by atoms with van der Waals surface area (Å²) in [4.78, 5) is 0.812. The van der Waals surface area contributed by atoms with Gasteiger partial charge in [0.2, 0.25) is 0 Å². The van der Waals surface area contributed by atoms with Crippen LogP contribution in [0.25, 0.3) is 5.57 Å². The van der Waals surface area contributed by atoms with Gasteiger partial charge in [0.1, 0.15) is 0 Å².